The number of nitrogens with zero attached hydrogens (tertiary/aromatic N) is 6. The zero-order valence-electron chi connectivity index (χ0n) is 22.2. The van der Waals surface area contributed by atoms with Gasteiger partial charge >= 0.3 is 0 Å². The Hall–Kier alpha value is -3.83. The number of hydrogen-bond acceptors (Lipinski definition) is 5. The highest BCUT2D eigenvalue weighted by Crippen LogP contribution is 2.24. The van der Waals surface area contributed by atoms with Crippen molar-refractivity contribution in [2.45, 2.75) is 19.9 Å². The first-order chi connectivity index (χ1) is 18.4. The number of para-hydroxylation sites is 1. The lowest BCUT2D eigenvalue weighted by atomic mass is 10.1. The number of nitriles is 1. The van der Waals surface area contributed by atoms with Crippen molar-refractivity contribution >= 4 is 17.3 Å². The highest BCUT2D eigenvalue weighted by molar-refractivity contribution is 5.93. The van der Waals surface area contributed by atoms with E-state index in [0.29, 0.717) is 13.1 Å². The van der Waals surface area contributed by atoms with Crippen molar-refractivity contribution in [3.05, 3.63) is 82.9 Å². The zero-order chi connectivity index (χ0) is 26.6. The molecular formula is C30H35FN6O. The van der Waals surface area contributed by atoms with Gasteiger partial charge in [0.05, 0.1) is 11.3 Å². The van der Waals surface area contributed by atoms with E-state index in [1.54, 1.807) is 0 Å². The minimum atomic E-state index is -0.235. The van der Waals surface area contributed by atoms with Gasteiger partial charge in [-0.3, -0.25) is 9.69 Å². The van der Waals surface area contributed by atoms with Gasteiger partial charge in [0.1, 0.15) is 17.6 Å². The van der Waals surface area contributed by atoms with Crippen molar-refractivity contribution in [1.82, 2.24) is 14.4 Å². The molecule has 1 amide bonds. The lowest BCUT2D eigenvalue weighted by molar-refractivity contribution is 0.0757. The number of amides is 1. The van der Waals surface area contributed by atoms with Crippen LogP contribution < -0.4 is 9.80 Å². The molecule has 2 saturated heterocycles. The Morgan fingerprint density at radius 3 is 2.37 bits per heavy atom. The first-order valence-electron chi connectivity index (χ1n) is 13.4. The number of benzene rings is 2. The second-order valence-corrected chi connectivity index (χ2v) is 10.2. The maximum Gasteiger partial charge on any atom is 0.270 e. The Kier molecular flexibility index (Phi) is 7.66. The van der Waals surface area contributed by atoms with Gasteiger partial charge in [-0.25, -0.2) is 4.39 Å². The first-order valence-corrected chi connectivity index (χ1v) is 13.4. The molecule has 3 aromatic rings. The number of carbonyl (C=O) groups is 1. The molecular weight excluding hydrogens is 479 g/mol. The van der Waals surface area contributed by atoms with E-state index >= 15 is 0 Å². The van der Waals surface area contributed by atoms with E-state index in [1.807, 2.05) is 52.9 Å². The molecule has 0 aliphatic carbocycles. The second-order valence-electron chi connectivity index (χ2n) is 10.2. The monoisotopic (exact) mass is 514 g/mol. The van der Waals surface area contributed by atoms with Crippen molar-refractivity contribution in [2.24, 2.45) is 7.05 Å². The van der Waals surface area contributed by atoms with Crippen molar-refractivity contribution in [1.29, 1.82) is 5.26 Å². The fraction of sp³-hybridized carbons (Fsp3) is 0.400. The summed E-state index contributed by atoms with van der Waals surface area (Å²) < 4.78 is 15.4. The molecule has 2 fully saturated rings. The molecule has 0 saturated carbocycles. The molecule has 5 rings (SSSR count). The molecule has 38 heavy (non-hydrogen) atoms. The van der Waals surface area contributed by atoms with Crippen molar-refractivity contribution in [3.8, 4) is 6.07 Å². The summed E-state index contributed by atoms with van der Waals surface area (Å²) in [6, 6.07) is 18.7. The highest BCUT2D eigenvalue weighted by atomic mass is 19.1. The minimum absolute atomic E-state index is 0.0701. The fourth-order valence-corrected chi connectivity index (χ4v) is 5.55. The van der Waals surface area contributed by atoms with Crippen LogP contribution in [0, 0.1) is 24.1 Å². The molecule has 0 N–H and O–H groups in total. The van der Waals surface area contributed by atoms with E-state index in [2.05, 4.69) is 33.8 Å². The van der Waals surface area contributed by atoms with Crippen molar-refractivity contribution in [2.75, 3.05) is 62.2 Å². The normalized spacial score (nSPS) is 16.8. The van der Waals surface area contributed by atoms with Crippen LogP contribution in [-0.2, 0) is 13.6 Å². The van der Waals surface area contributed by atoms with Gasteiger partial charge in [0.25, 0.3) is 5.91 Å². The minimum Gasteiger partial charge on any atom is -0.370 e. The van der Waals surface area contributed by atoms with Gasteiger partial charge in [-0.05, 0) is 61.4 Å². The van der Waals surface area contributed by atoms with Crippen LogP contribution in [-0.4, -0.2) is 72.6 Å². The number of anilines is 2. The number of piperazine rings is 1. The van der Waals surface area contributed by atoms with Gasteiger partial charge in [0.15, 0.2) is 0 Å². The molecule has 8 heteroatoms. The topological polar surface area (TPSA) is 58.8 Å². The van der Waals surface area contributed by atoms with Crippen LogP contribution in [0.3, 0.4) is 0 Å². The van der Waals surface area contributed by atoms with Gasteiger partial charge < -0.3 is 19.3 Å². The zero-order valence-corrected chi connectivity index (χ0v) is 22.2. The van der Waals surface area contributed by atoms with E-state index in [1.165, 1.54) is 17.7 Å². The number of rotatable bonds is 5. The second kappa shape index (κ2) is 11.3. The van der Waals surface area contributed by atoms with E-state index < -0.39 is 0 Å². The van der Waals surface area contributed by atoms with Crippen LogP contribution in [0.2, 0.25) is 0 Å². The summed E-state index contributed by atoms with van der Waals surface area (Å²) in [5.74, 6) is -0.165. The van der Waals surface area contributed by atoms with Gasteiger partial charge in [-0.2, -0.15) is 5.26 Å². The molecule has 198 valence electrons. The maximum atomic E-state index is 13.6. The third-order valence-electron chi connectivity index (χ3n) is 7.97. The van der Waals surface area contributed by atoms with E-state index in [9.17, 15) is 14.4 Å². The SMILES string of the molecule is Cc1c(CN2CCN(c3ccccc3C#N)CC2)cc(C(=O)N2CCCN(c3ccc(F)cc3)CC2)n1C. The maximum absolute atomic E-state index is 13.6. The van der Waals surface area contributed by atoms with Gasteiger partial charge in [0.2, 0.25) is 0 Å². The largest absolute Gasteiger partial charge is 0.370 e. The number of aromatic nitrogens is 1. The van der Waals surface area contributed by atoms with E-state index in [4.69, 9.17) is 0 Å². The lowest BCUT2D eigenvalue weighted by Crippen LogP contribution is -2.46. The number of carbonyl (C=O) groups excluding carboxylic acids is 1. The smallest absolute Gasteiger partial charge is 0.270 e. The molecule has 0 atom stereocenters. The van der Waals surface area contributed by atoms with Crippen LogP contribution in [0.5, 0.6) is 0 Å². The third kappa shape index (κ3) is 5.39. The average Bonchev–Trinajstić information content (AvgIpc) is 3.10. The van der Waals surface area contributed by atoms with Crippen LogP contribution in [0.4, 0.5) is 15.8 Å². The molecule has 0 bridgehead atoms. The molecule has 2 aliphatic heterocycles. The van der Waals surface area contributed by atoms with Gasteiger partial charge in [0, 0.05) is 77.3 Å². The standard InChI is InChI=1S/C30H35FN6O/c1-23-25(22-34-14-16-36(17-15-34)28-7-4-3-6-24(28)21-32)20-29(33(23)2)30(38)37-13-5-12-35(18-19-37)27-10-8-26(31)9-11-27/h3-4,6-11,20H,5,12-19,22H2,1-2H3. The molecule has 0 radical (unpaired) electrons. The Morgan fingerprint density at radius 1 is 0.921 bits per heavy atom. The molecule has 0 unspecified atom stereocenters. The Bertz CT molecular complexity index is 1320. The van der Waals surface area contributed by atoms with Crippen LogP contribution in [0.25, 0.3) is 0 Å². The van der Waals surface area contributed by atoms with Crippen molar-refractivity contribution < 1.29 is 9.18 Å². The predicted molar refractivity (Wildman–Crippen MR) is 148 cm³/mol. The molecule has 3 heterocycles. The van der Waals surface area contributed by atoms with Crippen molar-refractivity contribution in [3.63, 3.8) is 0 Å². The van der Waals surface area contributed by atoms with E-state index in [0.717, 1.165) is 80.6 Å². The summed E-state index contributed by atoms with van der Waals surface area (Å²) in [6.45, 7) is 9.37. The Labute approximate surface area is 224 Å². The van der Waals surface area contributed by atoms with Gasteiger partial charge in [-0.1, -0.05) is 12.1 Å². The summed E-state index contributed by atoms with van der Waals surface area (Å²) in [7, 11) is 1.98. The average molecular weight is 515 g/mol. The fourth-order valence-electron chi connectivity index (χ4n) is 5.55. The number of hydrogen-bond donors (Lipinski definition) is 0. The Morgan fingerprint density at radius 2 is 1.63 bits per heavy atom. The highest BCUT2D eigenvalue weighted by Gasteiger charge is 2.26. The quantitative estimate of drug-likeness (QED) is 0.515. The summed E-state index contributed by atoms with van der Waals surface area (Å²) in [5, 5.41) is 9.45. The predicted octanol–water partition coefficient (Wildman–Crippen LogP) is 4.02. The summed E-state index contributed by atoms with van der Waals surface area (Å²) in [5.41, 5.74) is 5.76. The molecule has 1 aromatic heterocycles. The molecule has 2 aromatic carbocycles. The van der Waals surface area contributed by atoms with Crippen LogP contribution >= 0.6 is 0 Å². The number of halogens is 1. The summed E-state index contributed by atoms with van der Waals surface area (Å²) in [6.07, 6.45) is 0.874. The molecule has 0 spiro atoms. The third-order valence-corrected chi connectivity index (χ3v) is 7.97. The Balaban J connectivity index is 1.21. The van der Waals surface area contributed by atoms with Crippen LogP contribution in [0.1, 0.15) is 33.7 Å². The lowest BCUT2D eigenvalue weighted by Gasteiger charge is -2.36. The van der Waals surface area contributed by atoms with Gasteiger partial charge in [-0.15, -0.1) is 0 Å². The molecule has 7 nitrogen and oxygen atoms in total. The molecule has 2 aliphatic rings. The summed E-state index contributed by atoms with van der Waals surface area (Å²) >= 11 is 0. The summed E-state index contributed by atoms with van der Waals surface area (Å²) in [4.78, 5) is 22.5. The van der Waals surface area contributed by atoms with E-state index in [-0.39, 0.29) is 11.7 Å². The van der Waals surface area contributed by atoms with Crippen LogP contribution in [0.15, 0.2) is 54.6 Å². The first kappa shape index (κ1) is 25.8.